The quantitative estimate of drug-likeness (QED) is 0.273. The van der Waals surface area contributed by atoms with Crippen molar-refractivity contribution in [2.45, 2.75) is 46.1 Å². The second-order valence-electron chi connectivity index (χ2n) is 6.89. The number of halogens is 1. The number of hydrazone groups is 1. The maximum absolute atomic E-state index is 12.3. The van der Waals surface area contributed by atoms with Crippen LogP contribution in [0.1, 0.15) is 44.2 Å². The number of benzene rings is 2. The summed E-state index contributed by atoms with van der Waals surface area (Å²) >= 11 is 3.44. The fourth-order valence-electron chi connectivity index (χ4n) is 2.62. The molecule has 2 rings (SSSR count). The molecule has 1 N–H and O–H groups in total. The largest absolute Gasteiger partial charge is 0.493 e. The monoisotopic (exact) mass is 476 g/mol. The SMILES string of the molecule is CCCCCOc1ccc(C=NNC(=O)C(C)Oc2ccc(C)cc2Br)cc1OC. The molecule has 6 nitrogen and oxygen atoms in total. The van der Waals surface area contributed by atoms with Gasteiger partial charge in [0.2, 0.25) is 0 Å². The van der Waals surface area contributed by atoms with E-state index >= 15 is 0 Å². The number of hydrogen-bond acceptors (Lipinski definition) is 5. The number of carbonyl (C=O) groups is 1. The predicted octanol–water partition coefficient (Wildman–Crippen LogP) is 5.25. The second kappa shape index (κ2) is 12.2. The first-order chi connectivity index (χ1) is 14.4. The maximum Gasteiger partial charge on any atom is 0.280 e. The van der Waals surface area contributed by atoms with E-state index in [1.54, 1.807) is 20.2 Å². The van der Waals surface area contributed by atoms with E-state index in [9.17, 15) is 4.79 Å². The van der Waals surface area contributed by atoms with E-state index in [1.807, 2.05) is 43.3 Å². The fraction of sp³-hybridized carbons (Fsp3) is 0.391. The van der Waals surface area contributed by atoms with Gasteiger partial charge in [-0.1, -0.05) is 25.8 Å². The van der Waals surface area contributed by atoms with E-state index in [1.165, 1.54) is 0 Å². The molecule has 0 radical (unpaired) electrons. The number of unbranched alkanes of at least 4 members (excludes halogenated alkanes) is 2. The Morgan fingerprint density at radius 1 is 1.17 bits per heavy atom. The number of hydrogen-bond donors (Lipinski definition) is 1. The van der Waals surface area contributed by atoms with Gasteiger partial charge in [-0.3, -0.25) is 4.79 Å². The molecule has 0 aromatic heterocycles. The van der Waals surface area contributed by atoms with Crippen molar-refractivity contribution in [3.8, 4) is 17.2 Å². The van der Waals surface area contributed by atoms with E-state index in [4.69, 9.17) is 14.2 Å². The Morgan fingerprint density at radius 3 is 2.63 bits per heavy atom. The smallest absolute Gasteiger partial charge is 0.280 e. The lowest BCUT2D eigenvalue weighted by atomic mass is 10.2. The number of rotatable bonds is 11. The van der Waals surface area contributed by atoms with Crippen molar-refractivity contribution < 1.29 is 19.0 Å². The van der Waals surface area contributed by atoms with Gasteiger partial charge in [-0.15, -0.1) is 0 Å². The lowest BCUT2D eigenvalue weighted by Gasteiger charge is -2.14. The van der Waals surface area contributed by atoms with Gasteiger partial charge in [-0.05, 0) is 77.7 Å². The average molecular weight is 477 g/mol. The molecule has 0 saturated carbocycles. The van der Waals surface area contributed by atoms with Gasteiger partial charge in [-0.25, -0.2) is 5.43 Å². The van der Waals surface area contributed by atoms with E-state index in [-0.39, 0.29) is 5.91 Å². The number of methoxy groups -OCH3 is 1. The van der Waals surface area contributed by atoms with Crippen molar-refractivity contribution in [1.29, 1.82) is 0 Å². The van der Waals surface area contributed by atoms with Crippen LogP contribution in [0.4, 0.5) is 0 Å². The highest BCUT2D eigenvalue weighted by atomic mass is 79.9. The zero-order chi connectivity index (χ0) is 21.9. The normalized spacial score (nSPS) is 11.9. The molecule has 7 heteroatoms. The van der Waals surface area contributed by atoms with E-state index in [0.717, 1.165) is 34.9 Å². The van der Waals surface area contributed by atoms with Crippen LogP contribution in [-0.2, 0) is 4.79 Å². The molecule has 162 valence electrons. The van der Waals surface area contributed by atoms with Crippen molar-refractivity contribution in [3.63, 3.8) is 0 Å². The van der Waals surface area contributed by atoms with Crippen LogP contribution >= 0.6 is 15.9 Å². The maximum atomic E-state index is 12.3. The highest BCUT2D eigenvalue weighted by Gasteiger charge is 2.15. The molecule has 0 fully saturated rings. The van der Waals surface area contributed by atoms with E-state index in [0.29, 0.717) is 23.9 Å². The summed E-state index contributed by atoms with van der Waals surface area (Å²) < 4.78 is 17.7. The zero-order valence-corrected chi connectivity index (χ0v) is 19.5. The molecule has 0 heterocycles. The topological polar surface area (TPSA) is 69.2 Å². The number of carbonyl (C=O) groups excluding carboxylic acids is 1. The number of nitrogens with zero attached hydrogens (tertiary/aromatic N) is 1. The van der Waals surface area contributed by atoms with E-state index < -0.39 is 6.10 Å². The predicted molar refractivity (Wildman–Crippen MR) is 123 cm³/mol. The van der Waals surface area contributed by atoms with Crippen LogP contribution in [0.2, 0.25) is 0 Å². The highest BCUT2D eigenvalue weighted by Crippen LogP contribution is 2.28. The summed E-state index contributed by atoms with van der Waals surface area (Å²) in [5, 5.41) is 4.02. The average Bonchev–Trinajstić information content (AvgIpc) is 2.73. The Kier molecular flexibility index (Phi) is 9.67. The lowest BCUT2D eigenvalue weighted by molar-refractivity contribution is -0.127. The van der Waals surface area contributed by atoms with Crippen LogP contribution in [0, 0.1) is 6.92 Å². The van der Waals surface area contributed by atoms with Gasteiger partial charge in [0, 0.05) is 0 Å². The molecular formula is C23H29BrN2O4. The van der Waals surface area contributed by atoms with Crippen molar-refractivity contribution in [1.82, 2.24) is 5.43 Å². The first kappa shape index (κ1) is 23.7. The summed E-state index contributed by atoms with van der Waals surface area (Å²) in [5.74, 6) is 1.58. The molecule has 0 spiro atoms. The molecule has 0 saturated heterocycles. The summed E-state index contributed by atoms with van der Waals surface area (Å²) in [6, 6.07) is 11.2. The van der Waals surface area contributed by atoms with Crippen LogP contribution in [0.5, 0.6) is 17.2 Å². The van der Waals surface area contributed by atoms with Gasteiger partial charge in [0.1, 0.15) is 5.75 Å². The molecule has 0 aliphatic carbocycles. The fourth-order valence-corrected chi connectivity index (χ4v) is 3.21. The van der Waals surface area contributed by atoms with Gasteiger partial charge in [-0.2, -0.15) is 5.10 Å². The van der Waals surface area contributed by atoms with Crippen LogP contribution in [-0.4, -0.2) is 31.9 Å². The summed E-state index contributed by atoms with van der Waals surface area (Å²) in [6.45, 7) is 6.47. The molecular weight excluding hydrogens is 448 g/mol. The summed E-state index contributed by atoms with van der Waals surface area (Å²) in [6.07, 6.45) is 4.14. The number of ether oxygens (including phenoxy) is 3. The molecule has 2 aromatic rings. The minimum Gasteiger partial charge on any atom is -0.493 e. The molecule has 2 aromatic carbocycles. The third kappa shape index (κ3) is 7.37. The van der Waals surface area contributed by atoms with Crippen LogP contribution in [0.3, 0.4) is 0 Å². The summed E-state index contributed by atoms with van der Waals surface area (Å²) in [5.41, 5.74) is 4.38. The zero-order valence-electron chi connectivity index (χ0n) is 17.9. The van der Waals surface area contributed by atoms with Gasteiger partial charge in [0.15, 0.2) is 17.6 Å². The third-order valence-electron chi connectivity index (χ3n) is 4.34. The van der Waals surface area contributed by atoms with Crippen molar-refractivity contribution in [2.24, 2.45) is 5.10 Å². The number of amides is 1. The van der Waals surface area contributed by atoms with Crippen LogP contribution in [0.15, 0.2) is 46.0 Å². The van der Waals surface area contributed by atoms with Gasteiger partial charge >= 0.3 is 0 Å². The lowest BCUT2D eigenvalue weighted by Crippen LogP contribution is -2.33. The first-order valence-electron chi connectivity index (χ1n) is 10.0. The van der Waals surface area contributed by atoms with Crippen molar-refractivity contribution >= 4 is 28.1 Å². The van der Waals surface area contributed by atoms with Crippen LogP contribution < -0.4 is 19.6 Å². The van der Waals surface area contributed by atoms with Gasteiger partial charge in [0.25, 0.3) is 5.91 Å². The summed E-state index contributed by atoms with van der Waals surface area (Å²) in [4.78, 5) is 12.3. The van der Waals surface area contributed by atoms with Gasteiger partial charge in [0.05, 0.1) is 24.4 Å². The molecule has 30 heavy (non-hydrogen) atoms. The number of nitrogens with one attached hydrogen (secondary N) is 1. The minimum atomic E-state index is -0.699. The molecule has 0 aliphatic rings. The third-order valence-corrected chi connectivity index (χ3v) is 4.96. The Hall–Kier alpha value is -2.54. The Labute approximate surface area is 186 Å². The van der Waals surface area contributed by atoms with Crippen LogP contribution in [0.25, 0.3) is 0 Å². The molecule has 1 amide bonds. The minimum absolute atomic E-state index is 0.346. The Balaban J connectivity index is 1.91. The molecule has 1 atom stereocenters. The number of aryl methyl sites for hydroxylation is 1. The second-order valence-corrected chi connectivity index (χ2v) is 7.75. The molecule has 1 unspecified atom stereocenters. The first-order valence-corrected chi connectivity index (χ1v) is 10.8. The molecule has 0 aliphatic heterocycles. The van der Waals surface area contributed by atoms with Gasteiger partial charge < -0.3 is 14.2 Å². The Bertz CT molecular complexity index is 870. The highest BCUT2D eigenvalue weighted by molar-refractivity contribution is 9.10. The summed E-state index contributed by atoms with van der Waals surface area (Å²) in [7, 11) is 1.60. The van der Waals surface area contributed by atoms with E-state index in [2.05, 4.69) is 33.4 Å². The van der Waals surface area contributed by atoms with Crippen molar-refractivity contribution in [2.75, 3.05) is 13.7 Å². The van der Waals surface area contributed by atoms with Crippen molar-refractivity contribution in [3.05, 3.63) is 52.0 Å². The molecule has 0 bridgehead atoms. The standard InChI is InChI=1S/C23H29BrN2O4/c1-5-6-7-12-29-21-11-9-18(14-22(21)28-4)15-25-26-23(27)17(3)30-20-10-8-16(2)13-19(20)24/h8-11,13-15,17H,5-7,12H2,1-4H3,(H,26,27). The Morgan fingerprint density at radius 2 is 1.93 bits per heavy atom.